The van der Waals surface area contributed by atoms with Gasteiger partial charge in [-0.1, -0.05) is 6.07 Å². The number of hydrogen-bond acceptors (Lipinski definition) is 5. The van der Waals surface area contributed by atoms with Gasteiger partial charge in [-0.05, 0) is 38.5 Å². The van der Waals surface area contributed by atoms with Crippen LogP contribution in [0.5, 0.6) is 0 Å². The monoisotopic (exact) mass is 303 g/mol. The molecule has 2 N–H and O–H groups in total. The maximum Gasteiger partial charge on any atom is 0.410 e. The van der Waals surface area contributed by atoms with Gasteiger partial charge in [-0.3, -0.25) is 4.90 Å². The van der Waals surface area contributed by atoms with Crippen LogP contribution in [0.2, 0.25) is 0 Å². The maximum atomic E-state index is 12.4. The van der Waals surface area contributed by atoms with Gasteiger partial charge in [0, 0.05) is 12.2 Å². The zero-order valence-electron chi connectivity index (χ0n) is 13.1. The number of nitrogen functional groups attached to an aromatic ring is 1. The molecule has 0 radical (unpaired) electrons. The van der Waals surface area contributed by atoms with E-state index in [9.17, 15) is 10.1 Å². The summed E-state index contributed by atoms with van der Waals surface area (Å²) in [5, 5.41) is 9.30. The average molecular weight is 303 g/mol. The minimum atomic E-state index is -0.570. The predicted molar refractivity (Wildman–Crippen MR) is 82.1 cm³/mol. The van der Waals surface area contributed by atoms with E-state index in [1.165, 1.54) is 0 Å². The second-order valence-electron chi connectivity index (χ2n) is 6.22. The molecule has 0 bridgehead atoms. The van der Waals surface area contributed by atoms with Crippen LogP contribution >= 0.6 is 0 Å². The van der Waals surface area contributed by atoms with E-state index in [4.69, 9.17) is 15.2 Å². The van der Waals surface area contributed by atoms with Crippen LogP contribution in [0.25, 0.3) is 0 Å². The average Bonchev–Trinajstić information content (AvgIpc) is 2.45. The molecular weight excluding hydrogens is 282 g/mol. The molecular formula is C16H21N3O3. The number of hydrogen-bond donors (Lipinski definition) is 1. The SMILES string of the molecule is CC(C)(C)OC(=O)N1CCOCC1c1ccc(N)cc1C#N. The fraction of sp³-hybridized carbons (Fsp3) is 0.500. The molecule has 1 atom stereocenters. The van der Waals surface area contributed by atoms with Crippen molar-refractivity contribution in [3.8, 4) is 6.07 Å². The molecule has 0 spiro atoms. The molecule has 1 saturated heterocycles. The number of morpholine rings is 1. The highest BCUT2D eigenvalue weighted by molar-refractivity contribution is 5.69. The number of benzene rings is 1. The van der Waals surface area contributed by atoms with Gasteiger partial charge in [0.05, 0.1) is 30.9 Å². The van der Waals surface area contributed by atoms with Crippen molar-refractivity contribution in [1.29, 1.82) is 5.26 Å². The zero-order chi connectivity index (χ0) is 16.3. The Bertz CT molecular complexity index is 602. The van der Waals surface area contributed by atoms with Gasteiger partial charge in [0.2, 0.25) is 0 Å². The first kappa shape index (κ1) is 16.1. The molecule has 1 aliphatic heterocycles. The Morgan fingerprint density at radius 3 is 2.86 bits per heavy atom. The number of nitrogens with zero attached hydrogens (tertiary/aromatic N) is 2. The minimum Gasteiger partial charge on any atom is -0.444 e. The first-order chi connectivity index (χ1) is 10.3. The normalized spacial score (nSPS) is 18.6. The Morgan fingerprint density at radius 1 is 1.50 bits per heavy atom. The fourth-order valence-electron chi connectivity index (χ4n) is 2.36. The van der Waals surface area contributed by atoms with Crippen LogP contribution in [0.1, 0.15) is 37.9 Å². The summed E-state index contributed by atoms with van der Waals surface area (Å²) in [7, 11) is 0. The molecule has 2 rings (SSSR count). The molecule has 6 heteroatoms. The summed E-state index contributed by atoms with van der Waals surface area (Å²) in [5.74, 6) is 0. The Kier molecular flexibility index (Phi) is 4.57. The molecule has 1 aliphatic rings. The quantitative estimate of drug-likeness (QED) is 0.805. The molecule has 1 heterocycles. The van der Waals surface area contributed by atoms with Gasteiger partial charge < -0.3 is 15.2 Å². The minimum absolute atomic E-state index is 0.331. The van der Waals surface area contributed by atoms with Crippen molar-refractivity contribution >= 4 is 11.8 Å². The Balaban J connectivity index is 2.31. The second-order valence-corrected chi connectivity index (χ2v) is 6.22. The van der Waals surface area contributed by atoms with Gasteiger partial charge in [-0.2, -0.15) is 5.26 Å². The first-order valence-electron chi connectivity index (χ1n) is 7.18. The van der Waals surface area contributed by atoms with Crippen molar-refractivity contribution in [1.82, 2.24) is 4.90 Å². The maximum absolute atomic E-state index is 12.4. The third kappa shape index (κ3) is 3.68. The number of nitriles is 1. The first-order valence-corrected chi connectivity index (χ1v) is 7.18. The summed E-state index contributed by atoms with van der Waals surface area (Å²) in [6, 6.07) is 6.88. The van der Waals surface area contributed by atoms with Crippen molar-refractivity contribution in [2.75, 3.05) is 25.5 Å². The van der Waals surface area contributed by atoms with Gasteiger partial charge in [-0.25, -0.2) is 4.79 Å². The molecule has 0 aromatic heterocycles. The highest BCUT2D eigenvalue weighted by Gasteiger charge is 2.33. The van der Waals surface area contributed by atoms with E-state index in [2.05, 4.69) is 6.07 Å². The van der Waals surface area contributed by atoms with Crippen LogP contribution < -0.4 is 5.73 Å². The van der Waals surface area contributed by atoms with E-state index in [0.717, 1.165) is 5.56 Å². The summed E-state index contributed by atoms with van der Waals surface area (Å²) in [6.07, 6.45) is -0.401. The molecule has 1 aromatic carbocycles. The van der Waals surface area contributed by atoms with Crippen molar-refractivity contribution < 1.29 is 14.3 Å². The van der Waals surface area contributed by atoms with Gasteiger partial charge in [0.1, 0.15) is 5.60 Å². The van der Waals surface area contributed by atoms with Gasteiger partial charge in [0.15, 0.2) is 0 Å². The molecule has 1 unspecified atom stereocenters. The van der Waals surface area contributed by atoms with Crippen LogP contribution in [0, 0.1) is 11.3 Å². The number of amides is 1. The molecule has 0 aliphatic carbocycles. The number of rotatable bonds is 1. The summed E-state index contributed by atoms with van der Waals surface area (Å²) >= 11 is 0. The Labute approximate surface area is 130 Å². The Hall–Kier alpha value is -2.26. The number of ether oxygens (including phenoxy) is 2. The lowest BCUT2D eigenvalue weighted by Gasteiger charge is -2.37. The third-order valence-corrected chi connectivity index (χ3v) is 3.31. The Morgan fingerprint density at radius 2 is 2.23 bits per heavy atom. The standard InChI is InChI=1S/C16H21N3O3/c1-16(2,3)22-15(20)19-6-7-21-10-14(19)13-5-4-12(18)8-11(13)9-17/h4-5,8,14H,6-7,10,18H2,1-3H3. The van der Waals surface area contributed by atoms with Crippen molar-refractivity contribution in [3.63, 3.8) is 0 Å². The van der Waals surface area contributed by atoms with E-state index in [1.54, 1.807) is 23.1 Å². The van der Waals surface area contributed by atoms with E-state index in [-0.39, 0.29) is 6.04 Å². The smallest absolute Gasteiger partial charge is 0.410 e. The number of carbonyl (C=O) groups is 1. The molecule has 1 aromatic rings. The lowest BCUT2D eigenvalue weighted by molar-refractivity contribution is -0.0331. The molecule has 1 amide bonds. The van der Waals surface area contributed by atoms with Crippen molar-refractivity contribution in [2.24, 2.45) is 0 Å². The van der Waals surface area contributed by atoms with Crippen molar-refractivity contribution in [2.45, 2.75) is 32.4 Å². The second kappa shape index (κ2) is 6.24. The van der Waals surface area contributed by atoms with Gasteiger partial charge in [-0.15, -0.1) is 0 Å². The van der Waals surface area contributed by atoms with Crippen LogP contribution in [0.3, 0.4) is 0 Å². The molecule has 6 nitrogen and oxygen atoms in total. The molecule has 0 saturated carbocycles. The van der Waals surface area contributed by atoms with E-state index in [1.807, 2.05) is 20.8 Å². The van der Waals surface area contributed by atoms with Crippen molar-refractivity contribution in [3.05, 3.63) is 29.3 Å². The lowest BCUT2D eigenvalue weighted by atomic mass is 9.99. The van der Waals surface area contributed by atoms with Gasteiger partial charge in [0.25, 0.3) is 0 Å². The summed E-state index contributed by atoms with van der Waals surface area (Å²) in [6.45, 7) is 6.68. The van der Waals surface area contributed by atoms with E-state index < -0.39 is 11.7 Å². The number of carbonyl (C=O) groups excluding carboxylic acids is 1. The van der Waals surface area contributed by atoms with E-state index >= 15 is 0 Å². The lowest BCUT2D eigenvalue weighted by Crippen LogP contribution is -2.45. The number of anilines is 1. The third-order valence-electron chi connectivity index (χ3n) is 3.31. The topological polar surface area (TPSA) is 88.6 Å². The molecule has 22 heavy (non-hydrogen) atoms. The van der Waals surface area contributed by atoms with Gasteiger partial charge >= 0.3 is 6.09 Å². The van der Waals surface area contributed by atoms with E-state index in [0.29, 0.717) is 31.0 Å². The summed E-state index contributed by atoms with van der Waals surface area (Å²) < 4.78 is 10.9. The molecule has 1 fully saturated rings. The zero-order valence-corrected chi connectivity index (χ0v) is 13.1. The predicted octanol–water partition coefficient (Wildman–Crippen LogP) is 2.45. The van der Waals surface area contributed by atoms with Crippen LogP contribution in [-0.4, -0.2) is 36.4 Å². The fourth-order valence-corrected chi connectivity index (χ4v) is 2.36. The largest absolute Gasteiger partial charge is 0.444 e. The molecule has 118 valence electrons. The van der Waals surface area contributed by atoms with Crippen LogP contribution in [0.4, 0.5) is 10.5 Å². The highest BCUT2D eigenvalue weighted by Crippen LogP contribution is 2.29. The summed E-state index contributed by atoms with van der Waals surface area (Å²) in [5.41, 5.74) is 6.84. The highest BCUT2D eigenvalue weighted by atomic mass is 16.6. The summed E-state index contributed by atoms with van der Waals surface area (Å²) in [4.78, 5) is 14.0. The number of nitrogens with two attached hydrogens (primary N) is 1. The van der Waals surface area contributed by atoms with Crippen LogP contribution in [-0.2, 0) is 9.47 Å². The van der Waals surface area contributed by atoms with Crippen LogP contribution in [0.15, 0.2) is 18.2 Å².